The van der Waals surface area contributed by atoms with Gasteiger partial charge in [-0.1, -0.05) is 24.3 Å². The van der Waals surface area contributed by atoms with Crippen molar-refractivity contribution in [2.45, 2.75) is 31.2 Å². The van der Waals surface area contributed by atoms with Crippen molar-refractivity contribution in [1.82, 2.24) is 5.32 Å². The molecule has 0 spiro atoms. The summed E-state index contributed by atoms with van der Waals surface area (Å²) in [5.74, 6) is 2.43. The van der Waals surface area contributed by atoms with Crippen molar-refractivity contribution in [2.75, 3.05) is 31.8 Å². The fourth-order valence-corrected chi connectivity index (χ4v) is 4.11. The number of benzene rings is 2. The SMILES string of the molecule is CCOc1ccccc1OCCN[C@H](CSC)Cc1ccc(C)c(S(=O)[O-])c1. The minimum Gasteiger partial charge on any atom is -0.768 e. The molecule has 0 aliphatic rings. The molecule has 0 fully saturated rings. The Labute approximate surface area is 174 Å². The minimum atomic E-state index is -2.21. The second-order valence-electron chi connectivity index (χ2n) is 6.37. The number of hydrogen-bond donors (Lipinski definition) is 1. The van der Waals surface area contributed by atoms with E-state index in [2.05, 4.69) is 11.6 Å². The van der Waals surface area contributed by atoms with Gasteiger partial charge in [-0.25, -0.2) is 0 Å². The second-order valence-corrected chi connectivity index (χ2v) is 8.19. The molecule has 0 aliphatic heterocycles. The Balaban J connectivity index is 1.90. The van der Waals surface area contributed by atoms with Gasteiger partial charge in [0.25, 0.3) is 0 Å². The molecule has 0 heterocycles. The Bertz CT molecular complexity index is 770. The molecule has 2 rings (SSSR count). The maximum atomic E-state index is 11.4. The maximum Gasteiger partial charge on any atom is 0.161 e. The van der Waals surface area contributed by atoms with E-state index in [1.54, 1.807) is 17.8 Å². The highest BCUT2D eigenvalue weighted by Crippen LogP contribution is 2.26. The van der Waals surface area contributed by atoms with Crippen LogP contribution in [0.15, 0.2) is 47.4 Å². The van der Waals surface area contributed by atoms with Gasteiger partial charge < -0.3 is 19.3 Å². The van der Waals surface area contributed by atoms with Crippen LogP contribution in [0.5, 0.6) is 11.5 Å². The third-order valence-electron chi connectivity index (χ3n) is 4.22. The summed E-state index contributed by atoms with van der Waals surface area (Å²) >= 11 is -0.448. The van der Waals surface area contributed by atoms with Gasteiger partial charge in [0.1, 0.15) is 6.61 Å². The second kappa shape index (κ2) is 12.1. The summed E-state index contributed by atoms with van der Waals surface area (Å²) in [5.41, 5.74) is 1.78. The zero-order valence-electron chi connectivity index (χ0n) is 16.6. The van der Waals surface area contributed by atoms with Gasteiger partial charge in [-0.3, -0.25) is 4.21 Å². The fourth-order valence-electron chi connectivity index (χ4n) is 2.89. The van der Waals surface area contributed by atoms with Crippen molar-refractivity contribution in [3.8, 4) is 11.5 Å². The molecule has 2 atom stereocenters. The molecule has 0 aliphatic carbocycles. The number of para-hydroxylation sites is 2. The summed E-state index contributed by atoms with van der Waals surface area (Å²) in [4.78, 5) is 0.372. The third-order valence-corrected chi connectivity index (χ3v) is 5.76. The number of rotatable bonds is 12. The van der Waals surface area contributed by atoms with E-state index < -0.39 is 11.1 Å². The number of nitrogens with one attached hydrogen (secondary N) is 1. The van der Waals surface area contributed by atoms with Crippen LogP contribution in [0.2, 0.25) is 0 Å². The molecule has 0 aromatic heterocycles. The number of hydrogen-bond acceptors (Lipinski definition) is 6. The van der Waals surface area contributed by atoms with Gasteiger partial charge in [-0.2, -0.15) is 11.8 Å². The highest BCUT2D eigenvalue weighted by Gasteiger charge is 2.11. The lowest BCUT2D eigenvalue weighted by molar-refractivity contribution is 0.272. The van der Waals surface area contributed by atoms with Gasteiger partial charge >= 0.3 is 0 Å². The molecular weight excluding hydrogens is 394 g/mol. The molecule has 0 saturated carbocycles. The Kier molecular flexibility index (Phi) is 9.84. The standard InChI is InChI=1S/C21H29NO4S2/c1-4-25-19-7-5-6-8-20(19)26-12-11-22-18(15-27-3)13-17-10-9-16(2)21(14-17)28(23)24/h5-10,14,18,22H,4,11-13,15H2,1-3H3,(H,23,24)/p-1/t18-/m0/s1. The van der Waals surface area contributed by atoms with E-state index in [0.29, 0.717) is 24.7 Å². The molecule has 2 aromatic rings. The predicted octanol–water partition coefficient (Wildman–Crippen LogP) is 3.57. The average Bonchev–Trinajstić information content (AvgIpc) is 2.68. The van der Waals surface area contributed by atoms with Gasteiger partial charge in [-0.05, 0) is 66.9 Å². The van der Waals surface area contributed by atoms with E-state index in [9.17, 15) is 8.76 Å². The molecule has 7 heteroatoms. The molecule has 1 N–H and O–H groups in total. The maximum absolute atomic E-state index is 11.4. The first-order chi connectivity index (χ1) is 13.5. The van der Waals surface area contributed by atoms with Gasteiger partial charge in [0, 0.05) is 23.2 Å². The lowest BCUT2D eigenvalue weighted by Crippen LogP contribution is -2.36. The van der Waals surface area contributed by atoms with Crippen molar-refractivity contribution in [2.24, 2.45) is 0 Å². The first-order valence-electron chi connectivity index (χ1n) is 9.30. The van der Waals surface area contributed by atoms with Crippen molar-refractivity contribution in [3.05, 3.63) is 53.6 Å². The molecule has 5 nitrogen and oxygen atoms in total. The molecule has 0 saturated heterocycles. The van der Waals surface area contributed by atoms with E-state index in [1.165, 1.54) is 0 Å². The van der Waals surface area contributed by atoms with Crippen LogP contribution in [0.1, 0.15) is 18.1 Å². The fraction of sp³-hybridized carbons (Fsp3) is 0.429. The molecule has 28 heavy (non-hydrogen) atoms. The monoisotopic (exact) mass is 422 g/mol. The lowest BCUT2D eigenvalue weighted by atomic mass is 10.1. The Morgan fingerprint density at radius 1 is 1.18 bits per heavy atom. The van der Waals surface area contributed by atoms with Crippen molar-refractivity contribution >= 4 is 22.8 Å². The molecule has 0 amide bonds. The summed E-state index contributed by atoms with van der Waals surface area (Å²) in [6.07, 6.45) is 2.83. The molecular formula is C21H28NO4S2-. The zero-order chi connectivity index (χ0) is 20.4. The highest BCUT2D eigenvalue weighted by molar-refractivity contribution is 7.98. The zero-order valence-corrected chi connectivity index (χ0v) is 18.2. The molecule has 1 unspecified atom stereocenters. The van der Waals surface area contributed by atoms with Crippen LogP contribution in [0, 0.1) is 6.92 Å². The smallest absolute Gasteiger partial charge is 0.161 e. The molecule has 0 bridgehead atoms. The van der Waals surface area contributed by atoms with Crippen LogP contribution in [0.25, 0.3) is 0 Å². The lowest BCUT2D eigenvalue weighted by Gasteiger charge is -2.20. The predicted molar refractivity (Wildman–Crippen MR) is 115 cm³/mol. The van der Waals surface area contributed by atoms with Crippen molar-refractivity contribution < 1.29 is 18.2 Å². The summed E-state index contributed by atoms with van der Waals surface area (Å²) in [6, 6.07) is 13.5. The van der Waals surface area contributed by atoms with Crippen LogP contribution < -0.4 is 14.8 Å². The van der Waals surface area contributed by atoms with Gasteiger partial charge in [0.15, 0.2) is 11.5 Å². The van der Waals surface area contributed by atoms with E-state index >= 15 is 0 Å². The Morgan fingerprint density at radius 2 is 1.89 bits per heavy atom. The average molecular weight is 423 g/mol. The summed E-state index contributed by atoms with van der Waals surface area (Å²) < 4.78 is 34.1. The summed E-state index contributed by atoms with van der Waals surface area (Å²) in [6.45, 7) is 5.58. The molecule has 2 aromatic carbocycles. The van der Waals surface area contributed by atoms with Crippen molar-refractivity contribution in [1.29, 1.82) is 0 Å². The number of ether oxygens (including phenoxy) is 2. The quantitative estimate of drug-likeness (QED) is 0.416. The van der Waals surface area contributed by atoms with E-state index in [-0.39, 0.29) is 6.04 Å². The normalized spacial score (nSPS) is 13.1. The first kappa shape index (κ1) is 22.7. The Hall–Kier alpha value is -1.54. The summed E-state index contributed by atoms with van der Waals surface area (Å²) in [7, 11) is 0. The third kappa shape index (κ3) is 7.13. The van der Waals surface area contributed by atoms with Gasteiger partial charge in [0.05, 0.1) is 6.61 Å². The van der Waals surface area contributed by atoms with Gasteiger partial charge in [0.2, 0.25) is 0 Å². The first-order valence-corrected chi connectivity index (χ1v) is 11.8. The highest BCUT2D eigenvalue weighted by atomic mass is 32.2. The van der Waals surface area contributed by atoms with Crippen LogP contribution in [0.3, 0.4) is 0 Å². The minimum absolute atomic E-state index is 0.233. The van der Waals surface area contributed by atoms with E-state index in [0.717, 1.165) is 34.8 Å². The molecule has 154 valence electrons. The van der Waals surface area contributed by atoms with E-state index in [1.807, 2.05) is 50.2 Å². The van der Waals surface area contributed by atoms with Crippen LogP contribution in [0.4, 0.5) is 0 Å². The molecule has 0 radical (unpaired) electrons. The number of aryl methyl sites for hydroxylation is 1. The van der Waals surface area contributed by atoms with Crippen molar-refractivity contribution in [3.63, 3.8) is 0 Å². The van der Waals surface area contributed by atoms with Crippen LogP contribution in [-0.2, 0) is 17.5 Å². The van der Waals surface area contributed by atoms with Gasteiger partial charge in [-0.15, -0.1) is 0 Å². The number of thioether (sulfide) groups is 1. The van der Waals surface area contributed by atoms with E-state index in [4.69, 9.17) is 9.47 Å². The largest absolute Gasteiger partial charge is 0.768 e. The van der Waals surface area contributed by atoms with Crippen LogP contribution in [-0.4, -0.2) is 46.6 Å². The Morgan fingerprint density at radius 3 is 2.54 bits per heavy atom. The summed E-state index contributed by atoms with van der Waals surface area (Å²) in [5, 5.41) is 3.51. The topological polar surface area (TPSA) is 70.6 Å². The van der Waals surface area contributed by atoms with Crippen LogP contribution >= 0.6 is 11.8 Å².